The van der Waals surface area contributed by atoms with Crippen LogP contribution in [0.2, 0.25) is 5.02 Å². The van der Waals surface area contributed by atoms with Crippen LogP contribution in [0, 0.1) is 0 Å². The van der Waals surface area contributed by atoms with Gasteiger partial charge in [0.2, 0.25) is 0 Å². The normalized spacial score (nSPS) is 12.4. The van der Waals surface area contributed by atoms with Crippen molar-refractivity contribution in [1.29, 1.82) is 0 Å². The van der Waals surface area contributed by atoms with Gasteiger partial charge in [0.25, 0.3) is 0 Å². The third-order valence-electron chi connectivity index (χ3n) is 2.04. The van der Waals surface area contributed by atoms with E-state index in [1.54, 1.807) is 12.1 Å². The van der Waals surface area contributed by atoms with Crippen molar-refractivity contribution in [3.63, 3.8) is 0 Å². The molecule has 0 unspecified atom stereocenters. The summed E-state index contributed by atoms with van der Waals surface area (Å²) in [5.74, 6) is -1.03. The number of quaternary nitrogens is 1. The number of carboxylic acid groups (broad SMARTS) is 1. The molecular weight excluding hydrogens is 202 g/mol. The second kappa shape index (κ2) is 4.98. The molecule has 1 rings (SSSR count). The highest BCUT2D eigenvalue weighted by Crippen LogP contribution is 2.16. The summed E-state index contributed by atoms with van der Waals surface area (Å²) in [6, 6.07) is 7.23. The van der Waals surface area contributed by atoms with Crippen molar-refractivity contribution in [2.24, 2.45) is 0 Å². The topological polar surface area (TPSA) is 67.8 Å². The Balaban J connectivity index is 2.56. The highest BCUT2D eigenvalue weighted by atomic mass is 35.5. The van der Waals surface area contributed by atoms with Crippen LogP contribution in [0.3, 0.4) is 0 Å². The first-order valence-corrected chi connectivity index (χ1v) is 4.76. The molecule has 0 saturated carbocycles. The van der Waals surface area contributed by atoms with Crippen molar-refractivity contribution in [2.75, 3.05) is 0 Å². The Kier molecular flexibility index (Phi) is 3.92. The zero-order chi connectivity index (χ0) is 10.6. The molecule has 0 aliphatic rings. The lowest BCUT2D eigenvalue weighted by molar-refractivity contribution is -0.428. The number of hydrogen-bond donors (Lipinski definition) is 1. The predicted molar refractivity (Wildman–Crippen MR) is 51.3 cm³/mol. The number of halogens is 1. The molecule has 0 bridgehead atoms. The van der Waals surface area contributed by atoms with Gasteiger partial charge in [-0.3, -0.25) is 0 Å². The number of benzene rings is 1. The second-order valence-corrected chi connectivity index (χ2v) is 3.60. The molecule has 1 atom stereocenters. The van der Waals surface area contributed by atoms with E-state index in [-0.39, 0.29) is 12.5 Å². The molecule has 0 saturated heterocycles. The van der Waals surface area contributed by atoms with Crippen LogP contribution in [0.15, 0.2) is 24.3 Å². The second-order valence-electron chi connectivity index (χ2n) is 3.16. The summed E-state index contributed by atoms with van der Waals surface area (Å²) in [6.07, 6.45) is 0.529. The maximum Gasteiger partial charge on any atom is 0.110 e. The fourth-order valence-electron chi connectivity index (χ4n) is 1.19. The average Bonchev–Trinajstić information content (AvgIpc) is 2.15. The summed E-state index contributed by atoms with van der Waals surface area (Å²) in [5.41, 5.74) is 4.87. The van der Waals surface area contributed by atoms with Gasteiger partial charge in [-0.05, 0) is 18.6 Å². The Morgan fingerprint density at radius 2 is 2.00 bits per heavy atom. The van der Waals surface area contributed by atoms with Gasteiger partial charge in [0.15, 0.2) is 0 Å². The van der Waals surface area contributed by atoms with E-state index in [4.69, 9.17) is 11.6 Å². The van der Waals surface area contributed by atoms with Crippen LogP contribution in [0.4, 0.5) is 0 Å². The molecule has 76 valence electrons. The van der Waals surface area contributed by atoms with Crippen LogP contribution in [0.1, 0.15) is 24.4 Å². The van der Waals surface area contributed by atoms with Crippen molar-refractivity contribution in [3.05, 3.63) is 34.9 Å². The van der Waals surface area contributed by atoms with E-state index in [1.807, 2.05) is 12.1 Å². The monoisotopic (exact) mass is 213 g/mol. The molecule has 0 heterocycles. The first kappa shape index (κ1) is 11.0. The quantitative estimate of drug-likeness (QED) is 0.774. The van der Waals surface area contributed by atoms with E-state index in [2.05, 4.69) is 5.73 Å². The summed E-state index contributed by atoms with van der Waals surface area (Å²) in [6.45, 7) is 0. The van der Waals surface area contributed by atoms with Crippen LogP contribution in [-0.2, 0) is 4.79 Å². The van der Waals surface area contributed by atoms with E-state index < -0.39 is 5.97 Å². The number of aliphatic carboxylic acids is 1. The van der Waals surface area contributed by atoms with Crippen LogP contribution in [0.25, 0.3) is 0 Å². The van der Waals surface area contributed by atoms with E-state index in [0.29, 0.717) is 11.4 Å². The van der Waals surface area contributed by atoms with Crippen LogP contribution < -0.4 is 10.8 Å². The lowest BCUT2D eigenvalue weighted by Crippen LogP contribution is -2.53. The highest BCUT2D eigenvalue weighted by molar-refractivity contribution is 6.30. The first-order chi connectivity index (χ1) is 6.59. The van der Waals surface area contributed by atoms with E-state index in [0.717, 1.165) is 5.56 Å². The molecule has 14 heavy (non-hydrogen) atoms. The Morgan fingerprint density at radius 3 is 2.50 bits per heavy atom. The van der Waals surface area contributed by atoms with Crippen molar-refractivity contribution in [1.82, 2.24) is 0 Å². The third-order valence-corrected chi connectivity index (χ3v) is 2.29. The van der Waals surface area contributed by atoms with Crippen molar-refractivity contribution >= 4 is 17.6 Å². The molecule has 1 aromatic carbocycles. The molecular formula is C10H12ClNO2. The number of rotatable bonds is 4. The van der Waals surface area contributed by atoms with Crippen molar-refractivity contribution in [3.8, 4) is 0 Å². The van der Waals surface area contributed by atoms with Crippen molar-refractivity contribution in [2.45, 2.75) is 18.9 Å². The number of hydrogen-bond acceptors (Lipinski definition) is 2. The van der Waals surface area contributed by atoms with Gasteiger partial charge < -0.3 is 15.6 Å². The summed E-state index contributed by atoms with van der Waals surface area (Å²) in [4.78, 5) is 10.2. The molecule has 3 nitrogen and oxygen atoms in total. The van der Waals surface area contributed by atoms with Crippen LogP contribution in [0.5, 0.6) is 0 Å². The van der Waals surface area contributed by atoms with Gasteiger partial charge in [-0.15, -0.1) is 0 Å². The van der Waals surface area contributed by atoms with Gasteiger partial charge in [0.1, 0.15) is 6.04 Å². The lowest BCUT2D eigenvalue weighted by atomic mass is 10.0. The van der Waals surface area contributed by atoms with Crippen molar-refractivity contribution < 1.29 is 15.6 Å². The summed E-state index contributed by atoms with van der Waals surface area (Å²) in [5, 5.41) is 10.9. The highest BCUT2D eigenvalue weighted by Gasteiger charge is 2.08. The van der Waals surface area contributed by atoms with E-state index in [1.165, 1.54) is 0 Å². The van der Waals surface area contributed by atoms with Crippen LogP contribution in [-0.4, -0.2) is 5.97 Å². The molecule has 4 heteroatoms. The fourth-order valence-corrected chi connectivity index (χ4v) is 1.32. The molecule has 0 spiro atoms. The minimum Gasteiger partial charge on any atom is -0.550 e. The zero-order valence-electron chi connectivity index (χ0n) is 7.70. The largest absolute Gasteiger partial charge is 0.550 e. The molecule has 1 aromatic rings. The van der Waals surface area contributed by atoms with Gasteiger partial charge in [-0.1, -0.05) is 23.7 Å². The Labute approximate surface area is 87.5 Å². The summed E-state index contributed by atoms with van der Waals surface area (Å²) < 4.78 is 0. The van der Waals surface area contributed by atoms with Gasteiger partial charge in [0.05, 0.1) is 0 Å². The average molecular weight is 214 g/mol. The maximum absolute atomic E-state index is 10.2. The molecule has 0 radical (unpaired) electrons. The lowest BCUT2D eigenvalue weighted by Gasteiger charge is -2.09. The van der Waals surface area contributed by atoms with Crippen LogP contribution >= 0.6 is 11.6 Å². The minimum absolute atomic E-state index is 0.0230. The third kappa shape index (κ3) is 3.36. The standard InChI is InChI=1S/C10H12ClNO2/c11-8-3-1-7(2-4-8)9(12)5-6-10(13)14/h1-4,9H,5-6,12H2,(H,13,14)/t9-/m1/s1. The number of carboxylic acids is 1. The molecule has 3 N–H and O–H groups in total. The Hall–Kier alpha value is -1.06. The van der Waals surface area contributed by atoms with Gasteiger partial charge in [-0.25, -0.2) is 0 Å². The van der Waals surface area contributed by atoms with Gasteiger partial charge in [0, 0.05) is 23.0 Å². The number of carbonyl (C=O) groups excluding carboxylic acids is 1. The number of carbonyl (C=O) groups is 1. The minimum atomic E-state index is -1.03. The maximum atomic E-state index is 10.2. The Morgan fingerprint density at radius 1 is 1.43 bits per heavy atom. The molecule has 0 aliphatic carbocycles. The summed E-state index contributed by atoms with van der Waals surface area (Å²) >= 11 is 5.72. The molecule has 0 amide bonds. The molecule has 0 aliphatic heterocycles. The zero-order valence-corrected chi connectivity index (χ0v) is 8.46. The van der Waals surface area contributed by atoms with E-state index >= 15 is 0 Å². The van der Waals surface area contributed by atoms with Gasteiger partial charge >= 0.3 is 0 Å². The fraction of sp³-hybridized carbons (Fsp3) is 0.300. The van der Waals surface area contributed by atoms with E-state index in [9.17, 15) is 9.90 Å². The predicted octanol–water partition coefficient (Wildman–Crippen LogP) is 0.153. The molecule has 0 fully saturated rings. The first-order valence-electron chi connectivity index (χ1n) is 4.38. The van der Waals surface area contributed by atoms with Gasteiger partial charge in [-0.2, -0.15) is 0 Å². The molecule has 0 aromatic heterocycles. The SMILES string of the molecule is [NH3+][C@H](CCC(=O)[O-])c1ccc(Cl)cc1. The smallest absolute Gasteiger partial charge is 0.110 e. The summed E-state index contributed by atoms with van der Waals surface area (Å²) in [7, 11) is 0. The Bertz CT molecular complexity index is 310.